The van der Waals surface area contributed by atoms with Crippen LogP contribution in [0.4, 0.5) is 13.2 Å². The quantitative estimate of drug-likeness (QED) is 0.837. The molecule has 2 fully saturated rings. The normalized spacial score (nSPS) is 25.7. The van der Waals surface area contributed by atoms with Gasteiger partial charge in [-0.1, -0.05) is 18.2 Å². The summed E-state index contributed by atoms with van der Waals surface area (Å²) in [4.78, 5) is 27.7. The first-order valence-electron chi connectivity index (χ1n) is 8.45. The molecule has 1 aromatic rings. The first-order chi connectivity index (χ1) is 11.8. The van der Waals surface area contributed by atoms with Gasteiger partial charge in [-0.3, -0.25) is 9.59 Å². The molecule has 0 bridgehead atoms. The predicted molar refractivity (Wildman–Crippen MR) is 85.6 cm³/mol. The Morgan fingerprint density at radius 1 is 1.24 bits per heavy atom. The van der Waals surface area contributed by atoms with Gasteiger partial charge in [-0.05, 0) is 25.0 Å². The highest BCUT2D eigenvalue weighted by Crippen LogP contribution is 2.45. The molecule has 1 unspecified atom stereocenters. The largest absolute Gasteiger partial charge is 0.342 e. The van der Waals surface area contributed by atoms with Crippen LogP contribution in [0.3, 0.4) is 0 Å². The van der Waals surface area contributed by atoms with Gasteiger partial charge in [0, 0.05) is 26.1 Å². The molecule has 1 atom stereocenters. The number of amides is 2. The SMILES string of the molecule is CCN1CCC2(CN(C(=O)Cc3ccccc3F)CC(F)(F)C2)C1=O. The number of benzene rings is 1. The van der Waals surface area contributed by atoms with Crippen LogP contribution >= 0.6 is 0 Å². The van der Waals surface area contributed by atoms with Gasteiger partial charge >= 0.3 is 0 Å². The molecule has 2 saturated heterocycles. The first kappa shape index (κ1) is 17.8. The number of carbonyl (C=O) groups is 2. The number of carbonyl (C=O) groups excluding carboxylic acids is 2. The van der Waals surface area contributed by atoms with E-state index in [2.05, 4.69) is 0 Å². The Hall–Kier alpha value is -2.05. The van der Waals surface area contributed by atoms with Gasteiger partial charge in [-0.15, -0.1) is 0 Å². The molecule has 7 heteroatoms. The van der Waals surface area contributed by atoms with Crippen LogP contribution in [-0.2, 0) is 16.0 Å². The van der Waals surface area contributed by atoms with Gasteiger partial charge < -0.3 is 9.80 Å². The van der Waals surface area contributed by atoms with Crippen LogP contribution in [0.1, 0.15) is 25.3 Å². The van der Waals surface area contributed by atoms with Gasteiger partial charge in [0.05, 0.1) is 18.4 Å². The second-order valence-electron chi connectivity index (χ2n) is 6.97. The molecule has 4 nitrogen and oxygen atoms in total. The number of hydrogen-bond acceptors (Lipinski definition) is 2. The fourth-order valence-corrected chi connectivity index (χ4v) is 3.91. The van der Waals surface area contributed by atoms with Crippen molar-refractivity contribution in [2.45, 2.75) is 32.1 Å². The summed E-state index contributed by atoms with van der Waals surface area (Å²) < 4.78 is 42.3. The molecule has 136 valence electrons. The Bertz CT molecular complexity index is 695. The van der Waals surface area contributed by atoms with Crippen LogP contribution in [0.15, 0.2) is 24.3 Å². The monoisotopic (exact) mass is 354 g/mol. The Kier molecular flexibility index (Phi) is 4.51. The number of alkyl halides is 2. The number of hydrogen-bond donors (Lipinski definition) is 0. The second kappa shape index (κ2) is 6.35. The van der Waals surface area contributed by atoms with E-state index in [9.17, 15) is 22.8 Å². The number of likely N-dealkylation sites (tertiary alicyclic amines) is 2. The molecule has 2 aliphatic heterocycles. The fraction of sp³-hybridized carbons (Fsp3) is 0.556. The maximum absolute atomic E-state index is 14.3. The van der Waals surface area contributed by atoms with E-state index in [1.807, 2.05) is 0 Å². The Labute approximate surface area is 144 Å². The van der Waals surface area contributed by atoms with Crippen molar-refractivity contribution in [2.24, 2.45) is 5.41 Å². The third kappa shape index (κ3) is 3.37. The molecule has 0 aromatic heterocycles. The number of piperidine rings is 1. The van der Waals surface area contributed by atoms with Crippen molar-refractivity contribution in [1.29, 1.82) is 0 Å². The lowest BCUT2D eigenvalue weighted by molar-refractivity contribution is -0.162. The lowest BCUT2D eigenvalue weighted by atomic mass is 9.76. The van der Waals surface area contributed by atoms with Crippen LogP contribution < -0.4 is 0 Å². The zero-order valence-corrected chi connectivity index (χ0v) is 14.1. The van der Waals surface area contributed by atoms with Crippen molar-refractivity contribution in [3.05, 3.63) is 35.6 Å². The van der Waals surface area contributed by atoms with E-state index in [-0.39, 0.29) is 24.4 Å². The van der Waals surface area contributed by atoms with E-state index in [0.29, 0.717) is 19.5 Å². The zero-order valence-electron chi connectivity index (χ0n) is 14.1. The number of halogens is 3. The van der Waals surface area contributed by atoms with E-state index in [1.54, 1.807) is 17.9 Å². The summed E-state index contributed by atoms with van der Waals surface area (Å²) in [6.45, 7) is 1.96. The average Bonchev–Trinajstić information content (AvgIpc) is 2.83. The minimum absolute atomic E-state index is 0.0226. The molecular weight excluding hydrogens is 333 g/mol. The summed E-state index contributed by atoms with van der Waals surface area (Å²) in [6.07, 6.45) is -0.498. The van der Waals surface area contributed by atoms with Crippen molar-refractivity contribution in [1.82, 2.24) is 9.80 Å². The lowest BCUT2D eigenvalue weighted by Crippen LogP contribution is -2.57. The fourth-order valence-electron chi connectivity index (χ4n) is 3.91. The number of rotatable bonds is 3. The van der Waals surface area contributed by atoms with Crippen LogP contribution in [0.25, 0.3) is 0 Å². The summed E-state index contributed by atoms with van der Waals surface area (Å²) in [5.41, 5.74) is -1.05. The molecule has 0 saturated carbocycles. The van der Waals surface area contributed by atoms with Crippen molar-refractivity contribution in [3.63, 3.8) is 0 Å². The predicted octanol–water partition coefficient (Wildman–Crippen LogP) is 2.47. The smallest absolute Gasteiger partial charge is 0.266 e. The average molecular weight is 354 g/mol. The molecule has 0 radical (unpaired) electrons. The van der Waals surface area contributed by atoms with E-state index >= 15 is 0 Å². The van der Waals surface area contributed by atoms with Crippen molar-refractivity contribution in [2.75, 3.05) is 26.2 Å². The van der Waals surface area contributed by atoms with Gasteiger partial charge in [0.1, 0.15) is 5.82 Å². The lowest BCUT2D eigenvalue weighted by Gasteiger charge is -2.43. The molecule has 0 N–H and O–H groups in total. The van der Waals surface area contributed by atoms with Crippen molar-refractivity contribution in [3.8, 4) is 0 Å². The summed E-state index contributed by atoms with van der Waals surface area (Å²) in [6, 6.07) is 5.79. The minimum atomic E-state index is -3.12. The van der Waals surface area contributed by atoms with Crippen molar-refractivity contribution < 1.29 is 22.8 Å². The van der Waals surface area contributed by atoms with Gasteiger partial charge in [0.25, 0.3) is 5.92 Å². The molecule has 2 heterocycles. The highest BCUT2D eigenvalue weighted by molar-refractivity contribution is 5.87. The van der Waals surface area contributed by atoms with E-state index in [0.717, 1.165) is 4.90 Å². The highest BCUT2D eigenvalue weighted by Gasteiger charge is 2.57. The molecule has 3 rings (SSSR count). The van der Waals surface area contributed by atoms with Crippen LogP contribution in [-0.4, -0.2) is 53.7 Å². The second-order valence-corrected chi connectivity index (χ2v) is 6.97. The third-order valence-corrected chi connectivity index (χ3v) is 5.15. The van der Waals surface area contributed by atoms with Crippen LogP contribution in [0, 0.1) is 11.2 Å². The van der Waals surface area contributed by atoms with E-state index in [1.165, 1.54) is 18.2 Å². The van der Waals surface area contributed by atoms with Crippen LogP contribution in [0.2, 0.25) is 0 Å². The minimum Gasteiger partial charge on any atom is -0.342 e. The zero-order chi connectivity index (χ0) is 18.2. The summed E-state index contributed by atoms with van der Waals surface area (Å²) in [5.74, 6) is -4.55. The van der Waals surface area contributed by atoms with Gasteiger partial charge in [-0.2, -0.15) is 0 Å². The third-order valence-electron chi connectivity index (χ3n) is 5.15. The van der Waals surface area contributed by atoms with Crippen LogP contribution in [0.5, 0.6) is 0 Å². The molecule has 2 aliphatic rings. The molecule has 2 amide bonds. The molecule has 25 heavy (non-hydrogen) atoms. The van der Waals surface area contributed by atoms with Gasteiger partial charge in [0.2, 0.25) is 11.8 Å². The van der Waals surface area contributed by atoms with Gasteiger partial charge in [0.15, 0.2) is 0 Å². The van der Waals surface area contributed by atoms with Crippen molar-refractivity contribution >= 4 is 11.8 Å². The molecule has 0 aliphatic carbocycles. The van der Waals surface area contributed by atoms with Gasteiger partial charge in [-0.25, -0.2) is 13.2 Å². The first-order valence-corrected chi connectivity index (χ1v) is 8.45. The molecule has 1 aromatic carbocycles. The Morgan fingerprint density at radius 2 is 1.96 bits per heavy atom. The van der Waals surface area contributed by atoms with E-state index < -0.39 is 36.0 Å². The highest BCUT2D eigenvalue weighted by atomic mass is 19.3. The summed E-state index contributed by atoms with van der Waals surface area (Å²) >= 11 is 0. The Balaban J connectivity index is 1.81. The molecular formula is C18H21F3N2O2. The standard InChI is InChI=1S/C18H21F3N2O2/c1-2-22-8-7-17(16(22)25)10-18(20,21)12-23(11-17)15(24)9-13-5-3-4-6-14(13)19/h3-6H,2,7-12H2,1H3. The maximum atomic E-state index is 14.3. The summed E-state index contributed by atoms with van der Waals surface area (Å²) in [5, 5.41) is 0. The summed E-state index contributed by atoms with van der Waals surface area (Å²) in [7, 11) is 0. The Morgan fingerprint density at radius 3 is 2.60 bits per heavy atom. The molecule has 1 spiro atoms. The van der Waals surface area contributed by atoms with E-state index in [4.69, 9.17) is 0 Å². The topological polar surface area (TPSA) is 40.6 Å². The maximum Gasteiger partial charge on any atom is 0.266 e. The number of nitrogens with zero attached hydrogens (tertiary/aromatic N) is 2.